The molecule has 0 atom stereocenters. The van der Waals surface area contributed by atoms with Gasteiger partial charge in [0.15, 0.2) is 0 Å². The number of hydrogen-bond acceptors (Lipinski definition) is 2. The fraction of sp³-hybridized carbons (Fsp3) is 0.917. The molecule has 0 bridgehead atoms. The molecular formula is C12H22N2O. The molecule has 1 heterocycles. The Balaban J connectivity index is 1.78. The van der Waals surface area contributed by atoms with Crippen LogP contribution in [0.25, 0.3) is 0 Å². The van der Waals surface area contributed by atoms with Gasteiger partial charge >= 0.3 is 0 Å². The Hall–Kier alpha value is -0.570. The molecule has 1 aliphatic heterocycles. The van der Waals surface area contributed by atoms with Crippen molar-refractivity contribution in [1.82, 2.24) is 9.80 Å². The van der Waals surface area contributed by atoms with Crippen LogP contribution >= 0.6 is 0 Å². The number of rotatable bonds is 2. The standard InChI is InChI=1S/C12H22N2O/c1-10(15)13(2)11-6-8-14(9-7-11)12-4-3-5-12/h11-12H,3-9H2,1-2H3. The van der Waals surface area contributed by atoms with Gasteiger partial charge in [0.05, 0.1) is 0 Å². The van der Waals surface area contributed by atoms with Gasteiger partial charge in [0.25, 0.3) is 0 Å². The van der Waals surface area contributed by atoms with E-state index in [1.807, 2.05) is 11.9 Å². The third kappa shape index (κ3) is 2.33. The number of carbonyl (C=O) groups excluding carboxylic acids is 1. The third-order valence-corrected chi connectivity index (χ3v) is 4.13. The van der Waals surface area contributed by atoms with Crippen LogP contribution in [0.2, 0.25) is 0 Å². The molecule has 3 heteroatoms. The Morgan fingerprint density at radius 3 is 2.20 bits per heavy atom. The summed E-state index contributed by atoms with van der Waals surface area (Å²) in [5.74, 6) is 0.206. The zero-order valence-corrected chi connectivity index (χ0v) is 9.91. The van der Waals surface area contributed by atoms with Gasteiger partial charge in [-0.15, -0.1) is 0 Å². The highest BCUT2D eigenvalue weighted by Gasteiger charge is 2.30. The summed E-state index contributed by atoms with van der Waals surface area (Å²) in [7, 11) is 1.94. The lowest BCUT2D eigenvalue weighted by Crippen LogP contribution is -2.49. The molecule has 1 amide bonds. The second-order valence-corrected chi connectivity index (χ2v) is 4.98. The van der Waals surface area contributed by atoms with Gasteiger partial charge in [0, 0.05) is 39.1 Å². The average molecular weight is 210 g/mol. The summed E-state index contributed by atoms with van der Waals surface area (Å²) in [4.78, 5) is 15.8. The van der Waals surface area contributed by atoms with Crippen LogP contribution in [0.1, 0.15) is 39.0 Å². The van der Waals surface area contributed by atoms with E-state index in [1.54, 1.807) is 6.92 Å². The van der Waals surface area contributed by atoms with Crippen molar-refractivity contribution in [3.8, 4) is 0 Å². The predicted molar refractivity (Wildman–Crippen MR) is 60.7 cm³/mol. The molecule has 15 heavy (non-hydrogen) atoms. The maximum atomic E-state index is 11.2. The van der Waals surface area contributed by atoms with Crippen LogP contribution in [0.5, 0.6) is 0 Å². The Bertz CT molecular complexity index is 230. The third-order valence-electron chi connectivity index (χ3n) is 4.13. The van der Waals surface area contributed by atoms with Crippen molar-refractivity contribution in [2.75, 3.05) is 20.1 Å². The Morgan fingerprint density at radius 2 is 1.80 bits per heavy atom. The molecule has 1 saturated heterocycles. The summed E-state index contributed by atoms with van der Waals surface area (Å²) >= 11 is 0. The molecule has 2 aliphatic rings. The molecule has 0 spiro atoms. The quantitative estimate of drug-likeness (QED) is 0.689. The maximum absolute atomic E-state index is 11.2. The molecule has 0 radical (unpaired) electrons. The van der Waals surface area contributed by atoms with Crippen molar-refractivity contribution in [1.29, 1.82) is 0 Å². The van der Waals surface area contributed by atoms with Crippen molar-refractivity contribution in [2.24, 2.45) is 0 Å². The smallest absolute Gasteiger partial charge is 0.219 e. The highest BCUT2D eigenvalue weighted by molar-refractivity contribution is 5.73. The van der Waals surface area contributed by atoms with Gasteiger partial charge in [-0.2, -0.15) is 0 Å². The molecule has 1 saturated carbocycles. The van der Waals surface area contributed by atoms with Crippen LogP contribution in [0.15, 0.2) is 0 Å². The Labute approximate surface area is 92.4 Å². The molecule has 3 nitrogen and oxygen atoms in total. The summed E-state index contributed by atoms with van der Waals surface area (Å²) in [6.45, 7) is 4.04. The van der Waals surface area contributed by atoms with Crippen LogP contribution in [-0.4, -0.2) is 47.9 Å². The topological polar surface area (TPSA) is 23.6 Å². The van der Waals surface area contributed by atoms with Crippen molar-refractivity contribution < 1.29 is 4.79 Å². The van der Waals surface area contributed by atoms with E-state index in [-0.39, 0.29) is 5.91 Å². The summed E-state index contributed by atoms with van der Waals surface area (Å²) in [6.07, 6.45) is 6.53. The highest BCUT2D eigenvalue weighted by Crippen LogP contribution is 2.28. The Morgan fingerprint density at radius 1 is 1.20 bits per heavy atom. The van der Waals surface area contributed by atoms with Crippen LogP contribution in [-0.2, 0) is 4.79 Å². The van der Waals surface area contributed by atoms with E-state index in [0.29, 0.717) is 6.04 Å². The van der Waals surface area contributed by atoms with E-state index < -0.39 is 0 Å². The van der Waals surface area contributed by atoms with Crippen LogP contribution in [0.3, 0.4) is 0 Å². The van der Waals surface area contributed by atoms with Gasteiger partial charge < -0.3 is 9.80 Å². The summed E-state index contributed by atoms with van der Waals surface area (Å²) in [6, 6.07) is 1.35. The highest BCUT2D eigenvalue weighted by atomic mass is 16.2. The molecule has 2 rings (SSSR count). The van der Waals surface area contributed by atoms with E-state index in [2.05, 4.69) is 4.90 Å². The molecule has 0 aromatic rings. The lowest BCUT2D eigenvalue weighted by molar-refractivity contribution is -0.130. The van der Waals surface area contributed by atoms with Crippen LogP contribution in [0, 0.1) is 0 Å². The summed E-state index contributed by atoms with van der Waals surface area (Å²) in [5, 5.41) is 0. The van der Waals surface area contributed by atoms with Crippen molar-refractivity contribution >= 4 is 5.91 Å². The average Bonchev–Trinajstić information content (AvgIpc) is 2.15. The van der Waals surface area contributed by atoms with Crippen molar-refractivity contribution in [3.63, 3.8) is 0 Å². The van der Waals surface area contributed by atoms with Crippen molar-refractivity contribution in [2.45, 2.75) is 51.1 Å². The van der Waals surface area contributed by atoms with Gasteiger partial charge in [0.1, 0.15) is 0 Å². The maximum Gasteiger partial charge on any atom is 0.219 e. The van der Waals surface area contributed by atoms with E-state index in [9.17, 15) is 4.79 Å². The first-order valence-electron chi connectivity index (χ1n) is 6.16. The fourth-order valence-electron chi connectivity index (χ4n) is 2.65. The predicted octanol–water partition coefficient (Wildman–Crippen LogP) is 1.48. The number of piperidine rings is 1. The number of carbonyl (C=O) groups is 1. The lowest BCUT2D eigenvalue weighted by Gasteiger charge is -2.43. The number of hydrogen-bond donors (Lipinski definition) is 0. The minimum atomic E-state index is 0.206. The van der Waals surface area contributed by atoms with E-state index in [0.717, 1.165) is 18.9 Å². The monoisotopic (exact) mass is 210 g/mol. The minimum Gasteiger partial charge on any atom is -0.343 e. The van der Waals surface area contributed by atoms with Gasteiger partial charge in [-0.1, -0.05) is 6.42 Å². The molecule has 1 aliphatic carbocycles. The lowest BCUT2D eigenvalue weighted by atomic mass is 9.89. The van der Waals surface area contributed by atoms with Gasteiger partial charge in [-0.05, 0) is 25.7 Å². The molecule has 0 unspecified atom stereocenters. The SMILES string of the molecule is CC(=O)N(C)C1CCN(C2CCC2)CC1. The minimum absolute atomic E-state index is 0.206. The molecule has 0 aromatic heterocycles. The first-order valence-corrected chi connectivity index (χ1v) is 6.16. The van der Waals surface area contributed by atoms with Crippen LogP contribution < -0.4 is 0 Å². The number of amides is 1. The van der Waals surface area contributed by atoms with Crippen LogP contribution in [0.4, 0.5) is 0 Å². The summed E-state index contributed by atoms with van der Waals surface area (Å²) < 4.78 is 0. The van der Waals surface area contributed by atoms with Gasteiger partial charge in [-0.3, -0.25) is 4.79 Å². The van der Waals surface area contributed by atoms with E-state index in [1.165, 1.54) is 32.4 Å². The van der Waals surface area contributed by atoms with E-state index >= 15 is 0 Å². The van der Waals surface area contributed by atoms with Crippen molar-refractivity contribution in [3.05, 3.63) is 0 Å². The van der Waals surface area contributed by atoms with Gasteiger partial charge in [0.2, 0.25) is 5.91 Å². The second kappa shape index (κ2) is 4.52. The summed E-state index contributed by atoms with van der Waals surface area (Å²) in [5.41, 5.74) is 0. The molecule has 86 valence electrons. The zero-order chi connectivity index (χ0) is 10.8. The molecule has 2 fully saturated rings. The van der Waals surface area contributed by atoms with E-state index in [4.69, 9.17) is 0 Å². The molecule has 0 aromatic carbocycles. The normalized spacial score (nSPS) is 24.9. The zero-order valence-electron chi connectivity index (χ0n) is 9.91. The second-order valence-electron chi connectivity index (χ2n) is 4.98. The fourth-order valence-corrected chi connectivity index (χ4v) is 2.65. The first kappa shape index (κ1) is 10.9. The molecule has 0 N–H and O–H groups in total. The largest absolute Gasteiger partial charge is 0.343 e. The first-order chi connectivity index (χ1) is 7.18. The molecular weight excluding hydrogens is 188 g/mol. The van der Waals surface area contributed by atoms with Gasteiger partial charge in [-0.25, -0.2) is 0 Å². The Kier molecular flexibility index (Phi) is 3.29. The number of likely N-dealkylation sites (tertiary alicyclic amines) is 1. The number of nitrogens with zero attached hydrogens (tertiary/aromatic N) is 2.